The van der Waals surface area contributed by atoms with Gasteiger partial charge in [-0.3, -0.25) is 0 Å². The largest absolute Gasteiger partial charge is 0.449 e. The van der Waals surface area contributed by atoms with Crippen LogP contribution in [0.2, 0.25) is 0 Å². The van der Waals surface area contributed by atoms with Crippen molar-refractivity contribution in [1.82, 2.24) is 0 Å². The van der Waals surface area contributed by atoms with Gasteiger partial charge in [-0.05, 0) is 49.1 Å². The van der Waals surface area contributed by atoms with Crippen molar-refractivity contribution < 1.29 is 31.1 Å². The van der Waals surface area contributed by atoms with Crippen LogP contribution in [0, 0.1) is 0 Å². The molecule has 0 radical (unpaired) electrons. The molecule has 150 valence electrons. The van der Waals surface area contributed by atoms with E-state index in [2.05, 4.69) is 10.0 Å². The highest BCUT2D eigenvalue weighted by Gasteiger charge is 2.31. The van der Waals surface area contributed by atoms with Gasteiger partial charge in [0.1, 0.15) is 6.10 Å². The minimum atomic E-state index is -4.57. The summed E-state index contributed by atoms with van der Waals surface area (Å²) in [5.41, 5.74) is 6.03. The zero-order valence-corrected chi connectivity index (χ0v) is 15.6. The van der Waals surface area contributed by atoms with Crippen molar-refractivity contribution in [2.75, 3.05) is 12.3 Å². The van der Waals surface area contributed by atoms with Crippen LogP contribution in [0.4, 0.5) is 18.0 Å². The SMILES string of the molecule is [N-]=[N+]=NCCCCCC(CS(=O)(=O)c1ccc(C(F)(F)F)cc1)OC(=O)Cl. The molecule has 0 fully saturated rings. The van der Waals surface area contributed by atoms with Crippen LogP contribution in [0.1, 0.15) is 31.2 Å². The number of halogens is 4. The summed E-state index contributed by atoms with van der Waals surface area (Å²) in [6.45, 7) is 0.292. The van der Waals surface area contributed by atoms with Gasteiger partial charge in [-0.1, -0.05) is 11.5 Å². The summed E-state index contributed by atoms with van der Waals surface area (Å²) in [4.78, 5) is 13.3. The Balaban J connectivity index is 2.76. The number of carbonyl (C=O) groups excluding carboxylic acids is 1. The van der Waals surface area contributed by atoms with Crippen LogP contribution in [-0.4, -0.2) is 32.2 Å². The summed E-state index contributed by atoms with van der Waals surface area (Å²) in [6, 6.07) is 3.06. The molecule has 0 saturated heterocycles. The number of rotatable bonds is 10. The molecule has 12 heteroatoms. The average molecular weight is 428 g/mol. The van der Waals surface area contributed by atoms with Gasteiger partial charge in [-0.2, -0.15) is 13.2 Å². The van der Waals surface area contributed by atoms with Crippen LogP contribution in [0.25, 0.3) is 10.4 Å². The van der Waals surface area contributed by atoms with Gasteiger partial charge in [0.2, 0.25) is 0 Å². The number of sulfone groups is 1. The molecule has 0 saturated carbocycles. The van der Waals surface area contributed by atoms with E-state index in [0.717, 1.165) is 12.1 Å². The Morgan fingerprint density at radius 3 is 2.37 bits per heavy atom. The van der Waals surface area contributed by atoms with Gasteiger partial charge < -0.3 is 4.74 Å². The highest BCUT2D eigenvalue weighted by Crippen LogP contribution is 2.30. The number of hydrogen-bond donors (Lipinski definition) is 0. The Morgan fingerprint density at radius 1 is 1.22 bits per heavy atom. The minimum Gasteiger partial charge on any atom is -0.449 e. The van der Waals surface area contributed by atoms with Crippen LogP contribution < -0.4 is 0 Å². The van der Waals surface area contributed by atoms with Gasteiger partial charge in [0.15, 0.2) is 9.84 Å². The van der Waals surface area contributed by atoms with Crippen molar-refractivity contribution in [3.8, 4) is 0 Å². The van der Waals surface area contributed by atoms with E-state index in [1.165, 1.54) is 0 Å². The quantitative estimate of drug-likeness (QED) is 0.170. The predicted molar refractivity (Wildman–Crippen MR) is 92.1 cm³/mol. The number of azide groups is 1. The lowest BCUT2D eigenvalue weighted by Crippen LogP contribution is -2.25. The van der Waals surface area contributed by atoms with Crippen LogP contribution in [0.5, 0.6) is 0 Å². The van der Waals surface area contributed by atoms with E-state index < -0.39 is 38.9 Å². The molecule has 0 aromatic heterocycles. The predicted octanol–water partition coefficient (Wildman–Crippen LogP) is 5.09. The van der Waals surface area contributed by atoms with E-state index in [-0.39, 0.29) is 11.3 Å². The summed E-state index contributed by atoms with van der Waals surface area (Å²) < 4.78 is 67.3. The summed E-state index contributed by atoms with van der Waals surface area (Å²) in [6.07, 6.45) is -3.75. The Morgan fingerprint density at radius 2 is 1.85 bits per heavy atom. The van der Waals surface area contributed by atoms with E-state index in [1.807, 2.05) is 0 Å². The molecule has 1 rings (SSSR count). The minimum absolute atomic E-state index is 0.189. The number of nitrogens with zero attached hydrogens (tertiary/aromatic N) is 3. The highest BCUT2D eigenvalue weighted by atomic mass is 35.5. The second kappa shape index (κ2) is 10.4. The van der Waals surface area contributed by atoms with Crippen molar-refractivity contribution in [2.45, 2.75) is 42.9 Å². The fourth-order valence-electron chi connectivity index (χ4n) is 2.28. The molecule has 0 N–H and O–H groups in total. The second-order valence-corrected chi connectivity index (χ2v) is 7.93. The molecule has 0 aliphatic heterocycles. The molecule has 0 heterocycles. The first-order valence-electron chi connectivity index (χ1n) is 7.83. The Kier molecular flexibility index (Phi) is 8.87. The van der Waals surface area contributed by atoms with Gasteiger partial charge in [0.25, 0.3) is 0 Å². The normalized spacial score (nSPS) is 12.9. The molecule has 1 aromatic carbocycles. The molecule has 27 heavy (non-hydrogen) atoms. The van der Waals surface area contributed by atoms with E-state index in [1.54, 1.807) is 0 Å². The maximum absolute atomic E-state index is 12.6. The maximum Gasteiger partial charge on any atom is 0.416 e. The van der Waals surface area contributed by atoms with E-state index in [0.29, 0.717) is 37.9 Å². The molecular formula is C15H17ClF3N3O4S. The third-order valence-electron chi connectivity index (χ3n) is 3.55. The van der Waals surface area contributed by atoms with Crippen LogP contribution >= 0.6 is 11.6 Å². The third kappa shape index (κ3) is 8.51. The van der Waals surface area contributed by atoms with Crippen molar-refractivity contribution in [2.24, 2.45) is 5.11 Å². The standard InChI is InChI=1S/C15H17ClF3N3O4S/c16-14(23)26-12(4-2-1-3-9-21-22-20)10-27(24,25)13-7-5-11(6-8-13)15(17,18)19/h5-8,12H,1-4,9-10H2. The fraction of sp³-hybridized carbons (Fsp3) is 0.533. The molecule has 1 unspecified atom stereocenters. The number of hydrogen-bond acceptors (Lipinski definition) is 5. The fourth-order valence-corrected chi connectivity index (χ4v) is 3.87. The molecule has 0 aliphatic rings. The van der Waals surface area contributed by atoms with E-state index in [4.69, 9.17) is 21.9 Å². The first-order chi connectivity index (χ1) is 12.6. The average Bonchev–Trinajstić information content (AvgIpc) is 2.56. The Bertz CT molecular complexity index is 778. The van der Waals surface area contributed by atoms with E-state index >= 15 is 0 Å². The smallest absolute Gasteiger partial charge is 0.416 e. The number of ether oxygens (including phenoxy) is 1. The topological polar surface area (TPSA) is 109 Å². The molecule has 0 amide bonds. The van der Waals surface area contributed by atoms with Gasteiger partial charge >= 0.3 is 11.6 Å². The lowest BCUT2D eigenvalue weighted by atomic mass is 10.1. The summed E-state index contributed by atoms with van der Waals surface area (Å²) >= 11 is 5.16. The Hall–Kier alpha value is -1.97. The van der Waals surface area contributed by atoms with Crippen LogP contribution in [0.15, 0.2) is 34.3 Å². The maximum atomic E-state index is 12.6. The van der Waals surface area contributed by atoms with Gasteiger partial charge in [-0.25, -0.2) is 13.2 Å². The van der Waals surface area contributed by atoms with Crippen molar-refractivity contribution in [3.05, 3.63) is 40.3 Å². The molecular weight excluding hydrogens is 411 g/mol. The van der Waals surface area contributed by atoms with Crippen LogP contribution in [-0.2, 0) is 20.8 Å². The number of alkyl halides is 3. The number of unbranched alkanes of at least 4 members (excludes halogenated alkanes) is 2. The molecule has 1 atom stereocenters. The zero-order chi connectivity index (χ0) is 20.5. The number of carbonyl (C=O) groups is 1. The molecule has 7 nitrogen and oxygen atoms in total. The monoisotopic (exact) mass is 427 g/mol. The van der Waals surface area contributed by atoms with Gasteiger partial charge in [-0.15, -0.1) is 0 Å². The number of benzene rings is 1. The van der Waals surface area contributed by atoms with Gasteiger partial charge in [0.05, 0.1) is 16.2 Å². The first-order valence-corrected chi connectivity index (χ1v) is 9.86. The second-order valence-electron chi connectivity index (χ2n) is 5.58. The lowest BCUT2D eigenvalue weighted by Gasteiger charge is -2.16. The third-order valence-corrected chi connectivity index (χ3v) is 5.44. The van der Waals surface area contributed by atoms with E-state index in [9.17, 15) is 26.4 Å². The van der Waals surface area contributed by atoms with Gasteiger partial charge in [0, 0.05) is 23.1 Å². The molecule has 0 spiro atoms. The molecule has 0 aliphatic carbocycles. The summed E-state index contributed by atoms with van der Waals surface area (Å²) in [5.74, 6) is -0.604. The summed E-state index contributed by atoms with van der Waals surface area (Å²) in [5, 5.41) is 3.36. The molecule has 0 bridgehead atoms. The van der Waals surface area contributed by atoms with Crippen LogP contribution in [0.3, 0.4) is 0 Å². The Labute approximate surface area is 159 Å². The zero-order valence-electron chi connectivity index (χ0n) is 14.0. The highest BCUT2D eigenvalue weighted by molar-refractivity contribution is 7.91. The van der Waals surface area contributed by atoms with Crippen molar-refractivity contribution in [1.29, 1.82) is 0 Å². The lowest BCUT2D eigenvalue weighted by molar-refractivity contribution is -0.137. The summed E-state index contributed by atoms with van der Waals surface area (Å²) in [7, 11) is -3.99. The van der Waals surface area contributed by atoms with Crippen molar-refractivity contribution in [3.63, 3.8) is 0 Å². The first kappa shape index (κ1) is 23.1. The van der Waals surface area contributed by atoms with Crippen molar-refractivity contribution >= 4 is 26.9 Å². The molecule has 1 aromatic rings.